The smallest absolute Gasteiger partial charge is 0.191 e. The standard InChI is InChI=1S/C24H33N7/c1-2-25-24(27-18-23-29-28-22-13-7-10-16-31(22)23)26-17-20-11-5-6-12-21(20)19-30-14-8-3-4-9-15-30/h5-7,10-13,16H,2-4,8-9,14-15,17-19H2,1H3,(H2,25,26,27). The Morgan fingerprint density at radius 2 is 1.71 bits per heavy atom. The number of rotatable bonds is 7. The molecule has 0 spiro atoms. The largest absolute Gasteiger partial charge is 0.357 e. The SMILES string of the molecule is CCNC(=NCc1ccccc1CN1CCCCCC1)NCc1nnc2ccccn12. The maximum Gasteiger partial charge on any atom is 0.191 e. The maximum atomic E-state index is 4.85. The van der Waals surface area contributed by atoms with E-state index in [-0.39, 0.29) is 0 Å². The maximum absolute atomic E-state index is 4.85. The minimum absolute atomic E-state index is 0.562. The van der Waals surface area contributed by atoms with Crippen LogP contribution in [0.2, 0.25) is 0 Å². The number of hydrogen-bond acceptors (Lipinski definition) is 4. The van der Waals surface area contributed by atoms with Crippen molar-refractivity contribution in [2.75, 3.05) is 19.6 Å². The molecular formula is C24H33N7. The number of aromatic nitrogens is 3. The second-order valence-corrected chi connectivity index (χ2v) is 8.05. The first-order valence-corrected chi connectivity index (χ1v) is 11.4. The van der Waals surface area contributed by atoms with Gasteiger partial charge in [-0.1, -0.05) is 43.2 Å². The van der Waals surface area contributed by atoms with Crippen molar-refractivity contribution in [2.45, 2.75) is 52.2 Å². The first-order valence-electron chi connectivity index (χ1n) is 11.4. The van der Waals surface area contributed by atoms with E-state index in [1.54, 1.807) is 0 Å². The Kier molecular flexibility index (Phi) is 7.50. The Bertz CT molecular complexity index is 986. The molecule has 0 radical (unpaired) electrons. The number of aliphatic imine (C=N–C) groups is 1. The lowest BCUT2D eigenvalue weighted by Crippen LogP contribution is -2.37. The zero-order valence-electron chi connectivity index (χ0n) is 18.4. The van der Waals surface area contributed by atoms with Crippen LogP contribution in [0.5, 0.6) is 0 Å². The number of likely N-dealkylation sites (tertiary alicyclic amines) is 1. The van der Waals surface area contributed by atoms with E-state index in [9.17, 15) is 0 Å². The summed E-state index contributed by atoms with van der Waals surface area (Å²) in [7, 11) is 0. The van der Waals surface area contributed by atoms with E-state index in [0.29, 0.717) is 13.1 Å². The monoisotopic (exact) mass is 419 g/mol. The molecule has 4 rings (SSSR count). The number of benzene rings is 1. The van der Waals surface area contributed by atoms with Crippen LogP contribution in [0.4, 0.5) is 0 Å². The van der Waals surface area contributed by atoms with Crippen molar-refractivity contribution >= 4 is 11.6 Å². The number of fused-ring (bicyclic) bond motifs is 1. The van der Waals surface area contributed by atoms with E-state index < -0.39 is 0 Å². The van der Waals surface area contributed by atoms with Crippen molar-refractivity contribution in [2.24, 2.45) is 4.99 Å². The molecule has 1 fully saturated rings. The third-order valence-corrected chi connectivity index (χ3v) is 5.76. The van der Waals surface area contributed by atoms with Crippen LogP contribution < -0.4 is 10.6 Å². The van der Waals surface area contributed by atoms with Gasteiger partial charge in [0.1, 0.15) is 0 Å². The van der Waals surface area contributed by atoms with Gasteiger partial charge < -0.3 is 10.6 Å². The topological polar surface area (TPSA) is 69.8 Å². The zero-order chi connectivity index (χ0) is 21.3. The molecular weight excluding hydrogens is 386 g/mol. The van der Waals surface area contributed by atoms with Gasteiger partial charge in [0.05, 0.1) is 13.1 Å². The summed E-state index contributed by atoms with van der Waals surface area (Å²) < 4.78 is 1.99. The van der Waals surface area contributed by atoms with E-state index in [2.05, 4.69) is 56.9 Å². The van der Waals surface area contributed by atoms with E-state index in [1.165, 1.54) is 49.9 Å². The third-order valence-electron chi connectivity index (χ3n) is 5.76. The van der Waals surface area contributed by atoms with Gasteiger partial charge in [-0.3, -0.25) is 9.30 Å². The molecule has 1 saturated heterocycles. The first kappa shape index (κ1) is 21.3. The van der Waals surface area contributed by atoms with Crippen LogP contribution >= 0.6 is 0 Å². The molecule has 1 aromatic carbocycles. The normalized spacial score (nSPS) is 15.7. The molecule has 0 unspecified atom stereocenters. The summed E-state index contributed by atoms with van der Waals surface area (Å²) >= 11 is 0. The van der Waals surface area contributed by atoms with E-state index in [4.69, 9.17) is 4.99 Å². The molecule has 0 bridgehead atoms. The van der Waals surface area contributed by atoms with Crippen LogP contribution in [0.15, 0.2) is 53.7 Å². The number of guanidine groups is 1. The molecule has 2 N–H and O–H groups in total. The van der Waals surface area contributed by atoms with Crippen LogP contribution in [0.1, 0.15) is 49.6 Å². The molecule has 7 nitrogen and oxygen atoms in total. The fourth-order valence-electron chi connectivity index (χ4n) is 4.08. The predicted octanol–water partition coefficient (Wildman–Crippen LogP) is 3.36. The molecule has 0 saturated carbocycles. The highest BCUT2D eigenvalue weighted by Crippen LogP contribution is 2.17. The van der Waals surface area contributed by atoms with Crippen LogP contribution in [0.25, 0.3) is 5.65 Å². The lowest BCUT2D eigenvalue weighted by atomic mass is 10.1. The van der Waals surface area contributed by atoms with Crippen LogP contribution in [0, 0.1) is 0 Å². The van der Waals surface area contributed by atoms with Crippen LogP contribution in [-0.2, 0) is 19.6 Å². The van der Waals surface area contributed by atoms with Crippen molar-refractivity contribution in [1.29, 1.82) is 0 Å². The lowest BCUT2D eigenvalue weighted by molar-refractivity contribution is 0.276. The molecule has 3 aromatic rings. The minimum atomic E-state index is 0.562. The first-order chi connectivity index (χ1) is 15.3. The predicted molar refractivity (Wildman–Crippen MR) is 125 cm³/mol. The van der Waals surface area contributed by atoms with Crippen molar-refractivity contribution in [3.05, 3.63) is 65.6 Å². The molecule has 1 aliphatic heterocycles. The summed E-state index contributed by atoms with van der Waals surface area (Å²) in [6.45, 7) is 7.52. The van der Waals surface area contributed by atoms with Gasteiger partial charge in [-0.2, -0.15) is 0 Å². The minimum Gasteiger partial charge on any atom is -0.357 e. The second kappa shape index (κ2) is 10.9. The average molecular weight is 420 g/mol. The van der Waals surface area contributed by atoms with Gasteiger partial charge in [-0.15, -0.1) is 10.2 Å². The van der Waals surface area contributed by atoms with E-state index in [1.807, 2.05) is 28.8 Å². The van der Waals surface area contributed by atoms with Gasteiger partial charge >= 0.3 is 0 Å². The van der Waals surface area contributed by atoms with Crippen molar-refractivity contribution in [3.8, 4) is 0 Å². The molecule has 164 valence electrons. The van der Waals surface area contributed by atoms with Gasteiger partial charge in [0.2, 0.25) is 0 Å². The van der Waals surface area contributed by atoms with Crippen molar-refractivity contribution < 1.29 is 0 Å². The number of hydrogen-bond donors (Lipinski definition) is 2. The van der Waals surface area contributed by atoms with Crippen molar-refractivity contribution in [3.63, 3.8) is 0 Å². The zero-order valence-corrected chi connectivity index (χ0v) is 18.4. The molecule has 0 amide bonds. The Labute approximate surface area is 184 Å². The van der Waals surface area contributed by atoms with Crippen LogP contribution in [0.3, 0.4) is 0 Å². The average Bonchev–Trinajstić information content (AvgIpc) is 3.03. The molecule has 31 heavy (non-hydrogen) atoms. The summed E-state index contributed by atoms with van der Waals surface area (Å²) in [6.07, 6.45) is 7.33. The summed E-state index contributed by atoms with van der Waals surface area (Å²) in [5.74, 6) is 1.66. The highest BCUT2D eigenvalue weighted by Gasteiger charge is 2.12. The van der Waals surface area contributed by atoms with Gasteiger partial charge in [-0.25, -0.2) is 4.99 Å². The highest BCUT2D eigenvalue weighted by molar-refractivity contribution is 5.79. The summed E-state index contributed by atoms with van der Waals surface area (Å²) in [5, 5.41) is 15.3. The molecule has 3 heterocycles. The highest BCUT2D eigenvalue weighted by atomic mass is 15.3. The quantitative estimate of drug-likeness (QED) is 0.454. The van der Waals surface area contributed by atoms with Gasteiger partial charge in [0.25, 0.3) is 0 Å². The van der Waals surface area contributed by atoms with Crippen LogP contribution in [-0.4, -0.2) is 45.1 Å². The molecule has 1 aliphatic rings. The Morgan fingerprint density at radius 3 is 2.52 bits per heavy atom. The lowest BCUT2D eigenvalue weighted by Gasteiger charge is -2.21. The van der Waals surface area contributed by atoms with Gasteiger partial charge in [0.15, 0.2) is 17.4 Å². The molecule has 2 aromatic heterocycles. The third kappa shape index (κ3) is 5.82. The summed E-state index contributed by atoms with van der Waals surface area (Å²) in [5.41, 5.74) is 3.52. The van der Waals surface area contributed by atoms with E-state index >= 15 is 0 Å². The Hall–Kier alpha value is -2.93. The van der Waals surface area contributed by atoms with Crippen molar-refractivity contribution in [1.82, 2.24) is 30.1 Å². The number of nitrogens with zero attached hydrogens (tertiary/aromatic N) is 5. The number of pyridine rings is 1. The van der Waals surface area contributed by atoms with Gasteiger partial charge in [-0.05, 0) is 56.1 Å². The molecule has 0 atom stereocenters. The molecule has 0 aliphatic carbocycles. The summed E-state index contributed by atoms with van der Waals surface area (Å²) in [4.78, 5) is 7.45. The van der Waals surface area contributed by atoms with Gasteiger partial charge in [0, 0.05) is 19.3 Å². The summed E-state index contributed by atoms with van der Waals surface area (Å²) in [6, 6.07) is 14.6. The number of nitrogens with one attached hydrogen (secondary N) is 2. The fraction of sp³-hybridized carbons (Fsp3) is 0.458. The second-order valence-electron chi connectivity index (χ2n) is 8.05. The fourth-order valence-corrected chi connectivity index (χ4v) is 4.08. The Morgan fingerprint density at radius 1 is 0.935 bits per heavy atom. The Balaban J connectivity index is 1.42. The molecule has 7 heteroatoms. The van der Waals surface area contributed by atoms with E-state index in [0.717, 1.165) is 30.5 Å².